The van der Waals surface area contributed by atoms with E-state index in [9.17, 15) is 4.79 Å². The summed E-state index contributed by atoms with van der Waals surface area (Å²) in [6.45, 7) is 7.38. The van der Waals surface area contributed by atoms with E-state index in [2.05, 4.69) is 75.8 Å². The van der Waals surface area contributed by atoms with Crippen LogP contribution in [0.5, 0.6) is 5.75 Å². The highest BCUT2D eigenvalue weighted by Gasteiger charge is 2.24. The van der Waals surface area contributed by atoms with Crippen LogP contribution < -0.4 is 10.1 Å². The lowest BCUT2D eigenvalue weighted by molar-refractivity contribution is 0.0941. The zero-order valence-corrected chi connectivity index (χ0v) is 23.1. The molecule has 0 bridgehead atoms. The molecular weight excluding hydrogens is 482 g/mol. The second-order valence-corrected chi connectivity index (χ2v) is 11.0. The molecule has 206 valence electrons. The number of nitrogens with one attached hydrogen (secondary N) is 1. The van der Waals surface area contributed by atoms with Gasteiger partial charge in [-0.05, 0) is 87.5 Å². The van der Waals surface area contributed by atoms with Crippen molar-refractivity contribution in [3.8, 4) is 5.75 Å². The summed E-state index contributed by atoms with van der Waals surface area (Å²) in [5, 5.41) is 3.09. The normalized spacial score (nSPS) is 16.9. The predicted molar refractivity (Wildman–Crippen MR) is 159 cm³/mol. The van der Waals surface area contributed by atoms with Crippen molar-refractivity contribution in [2.24, 2.45) is 0 Å². The van der Waals surface area contributed by atoms with Crippen LogP contribution >= 0.6 is 0 Å². The first-order chi connectivity index (χ1) is 19.2. The number of unbranched alkanes of at least 4 members (excludes halogenated alkanes) is 1. The lowest BCUT2D eigenvalue weighted by Crippen LogP contribution is -2.40. The van der Waals surface area contributed by atoms with Gasteiger partial charge in [0.05, 0.1) is 0 Å². The number of rotatable bonds is 12. The Bertz CT molecular complexity index is 1100. The van der Waals surface area contributed by atoms with E-state index < -0.39 is 0 Å². The second kappa shape index (κ2) is 14.3. The molecule has 39 heavy (non-hydrogen) atoms. The maximum Gasteiger partial charge on any atom is 0.251 e. The molecule has 0 atom stereocenters. The summed E-state index contributed by atoms with van der Waals surface area (Å²) in [6.07, 6.45) is 6.98. The molecule has 0 aromatic heterocycles. The van der Waals surface area contributed by atoms with Crippen LogP contribution in [0.3, 0.4) is 0 Å². The van der Waals surface area contributed by atoms with Crippen molar-refractivity contribution in [1.82, 2.24) is 15.1 Å². The van der Waals surface area contributed by atoms with E-state index in [0.717, 1.165) is 64.2 Å². The molecule has 0 saturated carbocycles. The van der Waals surface area contributed by atoms with Crippen molar-refractivity contribution < 1.29 is 9.53 Å². The van der Waals surface area contributed by atoms with Crippen LogP contribution in [0.15, 0.2) is 84.9 Å². The fourth-order valence-corrected chi connectivity index (χ4v) is 5.92. The average Bonchev–Trinajstić information content (AvgIpc) is 3.51. The number of carbonyl (C=O) groups is 1. The Hall–Kier alpha value is -3.15. The minimum Gasteiger partial charge on any atom is -0.490 e. The Kier molecular flexibility index (Phi) is 10.1. The van der Waals surface area contributed by atoms with Gasteiger partial charge in [0.15, 0.2) is 0 Å². The van der Waals surface area contributed by atoms with Gasteiger partial charge in [0, 0.05) is 37.7 Å². The number of carbonyl (C=O) groups excluding carboxylic acids is 1. The van der Waals surface area contributed by atoms with Gasteiger partial charge in [-0.3, -0.25) is 4.79 Å². The SMILES string of the molecule is O=C(NCCCCN1CCCC1)c1cccc(OC2CCN(CC(c3ccccc3)c3ccccc3)CC2)c1. The van der Waals surface area contributed by atoms with Crippen molar-refractivity contribution in [3.63, 3.8) is 0 Å². The number of hydrogen-bond donors (Lipinski definition) is 1. The molecular formula is C34H43N3O2. The van der Waals surface area contributed by atoms with Gasteiger partial charge >= 0.3 is 0 Å². The van der Waals surface area contributed by atoms with E-state index in [4.69, 9.17) is 4.74 Å². The Morgan fingerprint density at radius 1 is 0.795 bits per heavy atom. The van der Waals surface area contributed by atoms with Crippen molar-refractivity contribution >= 4 is 5.91 Å². The van der Waals surface area contributed by atoms with Gasteiger partial charge in [-0.25, -0.2) is 0 Å². The molecule has 5 rings (SSSR count). The van der Waals surface area contributed by atoms with Gasteiger partial charge < -0.3 is 19.9 Å². The van der Waals surface area contributed by atoms with Crippen molar-refractivity contribution in [2.75, 3.05) is 45.8 Å². The number of hydrogen-bond acceptors (Lipinski definition) is 4. The highest BCUT2D eigenvalue weighted by molar-refractivity contribution is 5.94. The molecule has 0 spiro atoms. The minimum atomic E-state index is -0.00990. The Morgan fingerprint density at radius 3 is 2.13 bits per heavy atom. The van der Waals surface area contributed by atoms with Gasteiger partial charge in [0.25, 0.3) is 5.91 Å². The van der Waals surface area contributed by atoms with E-state index in [1.165, 1.54) is 37.1 Å². The van der Waals surface area contributed by atoms with Crippen molar-refractivity contribution in [2.45, 2.75) is 50.5 Å². The molecule has 2 aliphatic heterocycles. The smallest absolute Gasteiger partial charge is 0.251 e. The number of benzene rings is 3. The largest absolute Gasteiger partial charge is 0.490 e. The average molecular weight is 526 g/mol. The lowest BCUT2D eigenvalue weighted by Gasteiger charge is -2.34. The third-order valence-corrected chi connectivity index (χ3v) is 8.16. The summed E-state index contributed by atoms with van der Waals surface area (Å²) in [5.41, 5.74) is 3.41. The van der Waals surface area contributed by atoms with Gasteiger partial charge in [0.2, 0.25) is 0 Å². The molecule has 3 aromatic rings. The number of amides is 1. The van der Waals surface area contributed by atoms with Crippen LogP contribution in [0, 0.1) is 0 Å². The van der Waals surface area contributed by atoms with E-state index in [-0.39, 0.29) is 12.0 Å². The maximum absolute atomic E-state index is 12.7. The van der Waals surface area contributed by atoms with E-state index in [1.54, 1.807) is 0 Å². The standard InChI is InChI=1S/C34H43N3O2/c38-34(35-20-7-8-21-36-22-9-10-23-36)30-16-11-17-32(26-30)39-31-18-24-37(25-19-31)27-33(28-12-3-1-4-13-28)29-14-5-2-6-15-29/h1-6,11-17,26,31,33H,7-10,18-25,27H2,(H,35,38). The molecule has 0 aliphatic carbocycles. The number of ether oxygens (including phenoxy) is 1. The van der Waals surface area contributed by atoms with Crippen LogP contribution in [-0.4, -0.2) is 67.6 Å². The molecule has 1 amide bonds. The highest BCUT2D eigenvalue weighted by Crippen LogP contribution is 2.28. The summed E-state index contributed by atoms with van der Waals surface area (Å²) in [4.78, 5) is 17.8. The highest BCUT2D eigenvalue weighted by atomic mass is 16.5. The fraction of sp³-hybridized carbons (Fsp3) is 0.441. The molecule has 0 radical (unpaired) electrons. The quantitative estimate of drug-likeness (QED) is 0.296. The summed E-state index contributed by atoms with van der Waals surface area (Å²) in [6, 6.07) is 29.3. The van der Waals surface area contributed by atoms with Gasteiger partial charge in [-0.15, -0.1) is 0 Å². The predicted octanol–water partition coefficient (Wildman–Crippen LogP) is 5.97. The molecule has 0 unspecified atom stereocenters. The monoisotopic (exact) mass is 525 g/mol. The van der Waals surface area contributed by atoms with Crippen LogP contribution in [0.25, 0.3) is 0 Å². The number of nitrogens with zero attached hydrogens (tertiary/aromatic N) is 2. The first-order valence-corrected chi connectivity index (χ1v) is 14.8. The molecule has 2 saturated heterocycles. The summed E-state index contributed by atoms with van der Waals surface area (Å²) >= 11 is 0. The molecule has 1 N–H and O–H groups in total. The van der Waals surface area contributed by atoms with Crippen LogP contribution in [-0.2, 0) is 0 Å². The van der Waals surface area contributed by atoms with Crippen LogP contribution in [0.2, 0.25) is 0 Å². The first kappa shape index (κ1) is 27.4. The van der Waals surface area contributed by atoms with Crippen molar-refractivity contribution in [1.29, 1.82) is 0 Å². The summed E-state index contributed by atoms with van der Waals surface area (Å²) in [7, 11) is 0. The fourth-order valence-electron chi connectivity index (χ4n) is 5.92. The topological polar surface area (TPSA) is 44.8 Å². The second-order valence-electron chi connectivity index (χ2n) is 11.0. The van der Waals surface area contributed by atoms with Crippen LogP contribution in [0.4, 0.5) is 0 Å². The van der Waals surface area contributed by atoms with Crippen LogP contribution in [0.1, 0.15) is 65.9 Å². The molecule has 3 aromatic carbocycles. The van der Waals surface area contributed by atoms with Gasteiger partial charge in [-0.1, -0.05) is 66.7 Å². The Labute approximate surface area is 234 Å². The molecule has 5 heteroatoms. The summed E-state index contributed by atoms with van der Waals surface area (Å²) < 4.78 is 6.36. The molecule has 2 aliphatic rings. The van der Waals surface area contributed by atoms with E-state index >= 15 is 0 Å². The maximum atomic E-state index is 12.7. The zero-order chi connectivity index (χ0) is 26.7. The van der Waals surface area contributed by atoms with E-state index in [0.29, 0.717) is 11.5 Å². The van der Waals surface area contributed by atoms with Crippen molar-refractivity contribution in [3.05, 3.63) is 102 Å². The summed E-state index contributed by atoms with van der Waals surface area (Å²) in [5.74, 6) is 1.14. The third kappa shape index (κ3) is 8.17. The Balaban J connectivity index is 1.07. The van der Waals surface area contributed by atoms with Gasteiger partial charge in [0.1, 0.15) is 11.9 Å². The van der Waals surface area contributed by atoms with Gasteiger partial charge in [-0.2, -0.15) is 0 Å². The zero-order valence-electron chi connectivity index (χ0n) is 23.1. The first-order valence-electron chi connectivity index (χ1n) is 14.8. The molecule has 5 nitrogen and oxygen atoms in total. The molecule has 2 fully saturated rings. The lowest BCUT2D eigenvalue weighted by atomic mass is 9.90. The molecule has 2 heterocycles. The minimum absolute atomic E-state index is 0.00990. The third-order valence-electron chi connectivity index (χ3n) is 8.16. The number of piperidine rings is 1. The number of likely N-dealkylation sites (tertiary alicyclic amines) is 2. The van der Waals surface area contributed by atoms with E-state index in [1.807, 2.05) is 24.3 Å². The Morgan fingerprint density at radius 2 is 1.46 bits per heavy atom.